The van der Waals surface area contributed by atoms with Crippen molar-refractivity contribution in [2.45, 2.75) is 21.6 Å². The Hall–Kier alpha value is -1.52. The van der Waals surface area contributed by atoms with Crippen molar-refractivity contribution in [3.8, 4) is 5.75 Å². The number of anilines is 1. The minimum absolute atomic E-state index is 0. The van der Waals surface area contributed by atoms with E-state index in [4.69, 9.17) is 28.8 Å². The van der Waals surface area contributed by atoms with Gasteiger partial charge in [0.25, 0.3) is 20.2 Å². The third-order valence-corrected chi connectivity index (χ3v) is 7.01. The van der Waals surface area contributed by atoms with Crippen LogP contribution >= 0.6 is 18.8 Å². The van der Waals surface area contributed by atoms with E-state index in [1.807, 2.05) is 0 Å². The van der Waals surface area contributed by atoms with E-state index in [9.17, 15) is 34.4 Å². The van der Waals surface area contributed by atoms with Crippen molar-refractivity contribution in [2.75, 3.05) is 5.73 Å². The summed E-state index contributed by atoms with van der Waals surface area (Å²) in [7, 11) is -4.23. The Balaban J connectivity index is 0.00000220. The Kier molecular flexibility index (Phi) is 12.1. The van der Waals surface area contributed by atoms with Gasteiger partial charge in [-0.2, -0.15) is 25.3 Å². The molecule has 0 aliphatic heterocycles. The summed E-state index contributed by atoms with van der Waals surface area (Å²) in [5.74, 6) is -0.555. The van der Waals surface area contributed by atoms with Gasteiger partial charge in [-0.25, -0.2) is 0 Å². The summed E-state index contributed by atoms with van der Waals surface area (Å²) in [5.41, 5.74) is 6.31. The predicted molar refractivity (Wildman–Crippen MR) is 129 cm³/mol. The maximum atomic E-state index is 12.6. The van der Waals surface area contributed by atoms with Crippen LogP contribution in [0.2, 0.25) is 0 Å². The van der Waals surface area contributed by atoms with Gasteiger partial charge in [0.2, 0.25) is 0 Å². The summed E-state index contributed by atoms with van der Waals surface area (Å²) in [6, 6.07) is 8.93. The maximum absolute atomic E-state index is 12.6. The normalized spacial score (nSPS) is 11.6. The molecule has 0 fully saturated rings. The number of aryl methyl sites for hydroxylation is 1. The number of halogens is 2. The standard InChI is InChI=1S/C17H15NO9S3.2ClH.2H3N.Pt/c1-10-2-4-12(5-3-10)30(25,26)27-16-9-14(29(22,23)24)7-11-6-13(28(19,20)21)8-15(18)17(11)16;;;;;/h2-9H,18H2,1H3,(H,19,20,21)(H,22,23,24);2*1H;2*1H3;/q;;;;;+2/p-2. The summed E-state index contributed by atoms with van der Waals surface area (Å²) in [6.45, 7) is 1.74. The first kappa shape index (κ1) is 33.5. The zero-order valence-electron chi connectivity index (χ0n) is 17.7. The first-order valence-corrected chi connectivity index (χ1v) is 18.2. The van der Waals surface area contributed by atoms with Gasteiger partial charge in [-0.1, -0.05) is 17.7 Å². The van der Waals surface area contributed by atoms with Crippen LogP contribution in [0.3, 0.4) is 0 Å². The van der Waals surface area contributed by atoms with E-state index in [0.717, 1.165) is 29.8 Å². The number of fused-ring (bicyclic) bond motifs is 1. The van der Waals surface area contributed by atoms with E-state index in [1.54, 1.807) is 6.92 Å². The molecule has 0 heterocycles. The molecule has 0 amide bonds. The molecule has 0 saturated heterocycles. The van der Waals surface area contributed by atoms with Crippen LogP contribution in [0.25, 0.3) is 10.8 Å². The van der Waals surface area contributed by atoms with Gasteiger partial charge in [0.05, 0.1) is 9.79 Å². The summed E-state index contributed by atoms with van der Waals surface area (Å²) in [5, 5.41) is -0.336. The molecule has 200 valence electrons. The van der Waals surface area contributed by atoms with Gasteiger partial charge in [0, 0.05) is 17.1 Å². The van der Waals surface area contributed by atoms with E-state index >= 15 is 0 Å². The topological polar surface area (TPSA) is 248 Å². The fraction of sp³-hybridized carbons (Fsp3) is 0.0588. The molecule has 0 radical (unpaired) electrons. The quantitative estimate of drug-likeness (QED) is 0.142. The molecule has 18 heteroatoms. The molecular weight excluding hydrogens is 752 g/mol. The van der Waals surface area contributed by atoms with Crippen molar-refractivity contribution in [2.24, 2.45) is 0 Å². The van der Waals surface area contributed by atoms with Crippen LogP contribution in [0.1, 0.15) is 5.56 Å². The van der Waals surface area contributed by atoms with Crippen LogP contribution in [0.15, 0.2) is 63.2 Å². The first-order chi connectivity index (χ1) is 15.1. The summed E-state index contributed by atoms with van der Waals surface area (Å²) < 4.78 is 95.1. The average Bonchev–Trinajstić information content (AvgIpc) is 2.66. The van der Waals surface area contributed by atoms with Gasteiger partial charge in [-0.05, 0) is 42.6 Å². The summed E-state index contributed by atoms with van der Waals surface area (Å²) in [6.07, 6.45) is 0. The Morgan fingerprint density at radius 1 is 0.800 bits per heavy atom. The molecule has 0 aliphatic carbocycles. The molecule has 0 aromatic heterocycles. The van der Waals surface area contributed by atoms with Crippen LogP contribution in [-0.4, -0.2) is 34.4 Å². The molecule has 0 bridgehead atoms. The summed E-state index contributed by atoms with van der Waals surface area (Å²) >= 11 is -0.472. The van der Waals surface area contributed by atoms with E-state index in [1.165, 1.54) is 24.3 Å². The Bertz CT molecular complexity index is 1510. The van der Waals surface area contributed by atoms with Gasteiger partial charge in [0.1, 0.15) is 4.90 Å². The van der Waals surface area contributed by atoms with Gasteiger partial charge < -0.3 is 22.2 Å². The minimum atomic E-state index is -4.83. The molecule has 3 aromatic rings. The average molecular weight is 774 g/mol. The third kappa shape index (κ3) is 8.53. The number of hydrogen-bond donors (Lipinski definition) is 5. The molecule has 0 atom stereocenters. The number of nitrogens with two attached hydrogens (primary N) is 1. The Morgan fingerprint density at radius 3 is 1.66 bits per heavy atom. The molecule has 12 nitrogen and oxygen atoms in total. The molecule has 0 aliphatic rings. The number of hydrogen-bond acceptors (Lipinski definition) is 10. The number of nitrogen functional groups attached to an aromatic ring is 1. The van der Waals surface area contributed by atoms with Crippen molar-refractivity contribution in [3.05, 3.63) is 54.1 Å². The van der Waals surface area contributed by atoms with E-state index < -0.39 is 62.4 Å². The van der Waals surface area contributed by atoms with Crippen LogP contribution in [-0.2, 0) is 46.8 Å². The Labute approximate surface area is 218 Å². The molecule has 10 N–H and O–H groups in total. The van der Waals surface area contributed by atoms with Crippen molar-refractivity contribution in [1.82, 2.24) is 12.3 Å². The van der Waals surface area contributed by atoms with Crippen molar-refractivity contribution in [3.63, 3.8) is 0 Å². The number of rotatable bonds is 5. The van der Waals surface area contributed by atoms with Crippen LogP contribution in [0.4, 0.5) is 5.69 Å². The molecule has 0 unspecified atom stereocenters. The fourth-order valence-electron chi connectivity index (χ4n) is 2.69. The zero-order chi connectivity index (χ0) is 25.2. The molecule has 3 rings (SSSR count). The molecule has 3 aromatic carbocycles. The van der Waals surface area contributed by atoms with Crippen molar-refractivity contribution < 1.29 is 55.0 Å². The van der Waals surface area contributed by atoms with Crippen LogP contribution in [0.5, 0.6) is 5.75 Å². The van der Waals surface area contributed by atoms with Gasteiger partial charge in [-0.3, -0.25) is 9.11 Å². The van der Waals surface area contributed by atoms with Crippen LogP contribution < -0.4 is 22.2 Å². The molecule has 0 saturated carbocycles. The predicted octanol–water partition coefficient (Wildman–Crippen LogP) is 3.69. The first-order valence-electron chi connectivity index (χ1n) is 8.26. The van der Waals surface area contributed by atoms with Gasteiger partial charge in [0.15, 0.2) is 5.75 Å². The fourth-order valence-corrected chi connectivity index (χ4v) is 4.71. The zero-order valence-corrected chi connectivity index (χ0v) is 23.9. The van der Waals surface area contributed by atoms with E-state index in [0.29, 0.717) is 0 Å². The van der Waals surface area contributed by atoms with Crippen molar-refractivity contribution in [1.29, 1.82) is 0 Å². The van der Waals surface area contributed by atoms with Crippen LogP contribution in [0, 0.1) is 6.92 Å². The van der Waals surface area contributed by atoms with Gasteiger partial charge >= 0.3 is 45.4 Å². The molecular formula is C17H21Cl2N3O9PtS3. The SMILES string of the molecule is Cc1ccc(S(=O)(=O)Oc2cc(S(=O)(=O)O)cc3cc(S(=O)(=O)O)cc(N)c23)cc1.N.N.[Cl][Pt][Cl]. The molecule has 0 spiro atoms. The molecule has 35 heavy (non-hydrogen) atoms. The second-order valence-corrected chi connectivity index (χ2v) is 14.1. The third-order valence-electron chi connectivity index (χ3n) is 4.10. The number of benzene rings is 3. The second-order valence-electron chi connectivity index (χ2n) is 6.38. The van der Waals surface area contributed by atoms with Crippen molar-refractivity contribution >= 4 is 65.7 Å². The Morgan fingerprint density at radius 2 is 1.23 bits per heavy atom. The summed E-state index contributed by atoms with van der Waals surface area (Å²) in [4.78, 5) is -1.66. The monoisotopic (exact) mass is 772 g/mol. The van der Waals surface area contributed by atoms with E-state index in [2.05, 4.69) is 0 Å². The van der Waals surface area contributed by atoms with Gasteiger partial charge in [-0.15, -0.1) is 0 Å². The second kappa shape index (κ2) is 12.6. The van der Waals surface area contributed by atoms with E-state index in [-0.39, 0.29) is 33.7 Å².